The summed E-state index contributed by atoms with van der Waals surface area (Å²) in [6.07, 6.45) is 0. The van der Waals surface area contributed by atoms with Gasteiger partial charge in [0.2, 0.25) is 5.88 Å². The Morgan fingerprint density at radius 1 is 1.57 bits per heavy atom. The predicted molar refractivity (Wildman–Crippen MR) is 49.2 cm³/mol. The van der Waals surface area contributed by atoms with Crippen LogP contribution in [-0.4, -0.2) is 27.2 Å². The maximum atomic E-state index is 11.0. The summed E-state index contributed by atoms with van der Waals surface area (Å²) in [4.78, 5) is 20.0. The number of hydrogen-bond donors (Lipinski definition) is 3. The second-order valence-corrected chi connectivity index (χ2v) is 2.79. The number of rotatable bonds is 2. The van der Waals surface area contributed by atoms with E-state index >= 15 is 0 Å². The molecule has 14 heavy (non-hydrogen) atoms. The molecule has 2 aromatic heterocycles. The van der Waals surface area contributed by atoms with Crippen molar-refractivity contribution in [1.82, 2.24) is 15.0 Å². The molecular formula is C8H9N3O3. The highest BCUT2D eigenvalue weighted by Crippen LogP contribution is 2.20. The number of H-pyrrole nitrogens is 2. The lowest BCUT2D eigenvalue weighted by molar-refractivity contribution is 0.278. The van der Waals surface area contributed by atoms with E-state index in [4.69, 9.17) is 9.84 Å². The van der Waals surface area contributed by atoms with Gasteiger partial charge in [0.25, 0.3) is 0 Å². The second-order valence-electron chi connectivity index (χ2n) is 2.79. The minimum atomic E-state index is -0.485. The van der Waals surface area contributed by atoms with Gasteiger partial charge in [-0.25, -0.2) is 4.79 Å². The third-order valence-electron chi connectivity index (χ3n) is 1.90. The van der Waals surface area contributed by atoms with Crippen LogP contribution >= 0.6 is 0 Å². The molecule has 2 aromatic rings. The van der Waals surface area contributed by atoms with Crippen LogP contribution in [0.4, 0.5) is 0 Å². The lowest BCUT2D eigenvalue weighted by Crippen LogP contribution is -2.10. The van der Waals surface area contributed by atoms with Gasteiger partial charge in [0.05, 0.1) is 19.1 Å². The molecule has 0 amide bonds. The molecular weight excluding hydrogens is 186 g/mol. The van der Waals surface area contributed by atoms with E-state index in [0.29, 0.717) is 16.7 Å². The minimum Gasteiger partial charge on any atom is -0.480 e. The monoisotopic (exact) mass is 195 g/mol. The zero-order valence-electron chi connectivity index (χ0n) is 7.50. The Bertz CT molecular complexity index is 514. The van der Waals surface area contributed by atoms with E-state index in [2.05, 4.69) is 15.0 Å². The number of aliphatic hydroxyl groups is 1. The van der Waals surface area contributed by atoms with E-state index < -0.39 is 5.69 Å². The van der Waals surface area contributed by atoms with E-state index in [0.717, 1.165) is 0 Å². The molecule has 6 nitrogen and oxygen atoms in total. The van der Waals surface area contributed by atoms with Crippen LogP contribution in [0.25, 0.3) is 11.0 Å². The third kappa shape index (κ3) is 1.25. The molecule has 6 heteroatoms. The lowest BCUT2D eigenvalue weighted by Gasteiger charge is -1.97. The highest BCUT2D eigenvalue weighted by molar-refractivity contribution is 5.81. The number of fused-ring (bicyclic) bond motifs is 1. The summed E-state index contributed by atoms with van der Waals surface area (Å²) in [5, 5.41) is 9.54. The summed E-state index contributed by atoms with van der Waals surface area (Å²) in [5.41, 5.74) is 0.619. The first-order valence-corrected chi connectivity index (χ1v) is 4.01. The van der Waals surface area contributed by atoms with E-state index in [9.17, 15) is 4.79 Å². The summed E-state index contributed by atoms with van der Waals surface area (Å²) in [6.45, 7) is -0.125. The van der Waals surface area contributed by atoms with Crippen molar-refractivity contribution in [3.05, 3.63) is 22.2 Å². The van der Waals surface area contributed by atoms with Crippen LogP contribution in [0.15, 0.2) is 10.9 Å². The highest BCUT2D eigenvalue weighted by atomic mass is 16.5. The molecule has 0 atom stereocenters. The summed E-state index contributed by atoms with van der Waals surface area (Å²) in [7, 11) is 1.44. The SMILES string of the molecule is COc1nc(=O)[nH]c2[nH]c(CO)cc12. The van der Waals surface area contributed by atoms with E-state index in [1.54, 1.807) is 6.07 Å². The summed E-state index contributed by atoms with van der Waals surface area (Å²) in [6, 6.07) is 1.68. The Hall–Kier alpha value is -1.82. The predicted octanol–water partition coefficient (Wildman–Crippen LogP) is -0.248. The minimum absolute atomic E-state index is 0.125. The molecule has 0 aliphatic carbocycles. The van der Waals surface area contributed by atoms with Gasteiger partial charge in [-0.05, 0) is 6.07 Å². The molecule has 0 unspecified atom stereocenters. The number of nitrogens with one attached hydrogen (secondary N) is 2. The standard InChI is InChI=1S/C8H9N3O3/c1-14-7-5-2-4(3-12)9-6(5)10-8(13)11-7/h2,12H,3H2,1H3,(H2,9,10,11,13). The molecule has 3 N–H and O–H groups in total. The van der Waals surface area contributed by atoms with Crippen molar-refractivity contribution in [2.45, 2.75) is 6.61 Å². The molecule has 74 valence electrons. The van der Waals surface area contributed by atoms with Gasteiger partial charge < -0.3 is 14.8 Å². The van der Waals surface area contributed by atoms with Crippen molar-refractivity contribution >= 4 is 11.0 Å². The maximum absolute atomic E-state index is 11.0. The highest BCUT2D eigenvalue weighted by Gasteiger charge is 2.08. The fourth-order valence-corrected chi connectivity index (χ4v) is 1.31. The molecule has 2 rings (SSSR count). The number of aromatic nitrogens is 3. The van der Waals surface area contributed by atoms with Crippen LogP contribution in [0.5, 0.6) is 5.88 Å². The van der Waals surface area contributed by atoms with Gasteiger partial charge in [-0.2, -0.15) is 4.98 Å². The third-order valence-corrected chi connectivity index (χ3v) is 1.90. The molecule has 0 aromatic carbocycles. The van der Waals surface area contributed by atoms with Crippen LogP contribution in [0.3, 0.4) is 0 Å². The largest absolute Gasteiger partial charge is 0.480 e. The normalized spacial score (nSPS) is 10.7. The zero-order chi connectivity index (χ0) is 10.1. The Labute approximate surface area is 78.6 Å². The van der Waals surface area contributed by atoms with Crippen LogP contribution in [0, 0.1) is 0 Å². The number of hydrogen-bond acceptors (Lipinski definition) is 4. The molecule has 0 bridgehead atoms. The molecule has 0 spiro atoms. The molecule has 0 saturated carbocycles. The van der Waals surface area contributed by atoms with Crippen molar-refractivity contribution in [2.75, 3.05) is 7.11 Å². The fourth-order valence-electron chi connectivity index (χ4n) is 1.31. The Morgan fingerprint density at radius 2 is 2.36 bits per heavy atom. The quantitative estimate of drug-likeness (QED) is 0.616. The van der Waals surface area contributed by atoms with E-state index in [1.165, 1.54) is 7.11 Å². The van der Waals surface area contributed by atoms with Crippen LogP contribution < -0.4 is 10.4 Å². The van der Waals surface area contributed by atoms with Crippen molar-refractivity contribution in [1.29, 1.82) is 0 Å². The smallest absolute Gasteiger partial charge is 0.349 e. The second kappa shape index (κ2) is 3.15. The molecule has 0 aliphatic heterocycles. The van der Waals surface area contributed by atoms with Crippen molar-refractivity contribution in [2.24, 2.45) is 0 Å². The molecule has 0 fully saturated rings. The summed E-state index contributed by atoms with van der Waals surface area (Å²) >= 11 is 0. The van der Waals surface area contributed by atoms with Gasteiger partial charge >= 0.3 is 5.69 Å². The average molecular weight is 195 g/mol. The summed E-state index contributed by atoms with van der Waals surface area (Å²) in [5.74, 6) is 0.250. The topological polar surface area (TPSA) is 91.0 Å². The van der Waals surface area contributed by atoms with Gasteiger partial charge in [0.15, 0.2) is 0 Å². The van der Waals surface area contributed by atoms with Gasteiger partial charge in [-0.3, -0.25) is 4.98 Å². The average Bonchev–Trinajstić information content (AvgIpc) is 2.59. The van der Waals surface area contributed by atoms with Crippen molar-refractivity contribution < 1.29 is 9.84 Å². The first-order valence-electron chi connectivity index (χ1n) is 4.01. The number of ether oxygens (including phenoxy) is 1. The maximum Gasteiger partial charge on any atom is 0.349 e. The molecule has 2 heterocycles. The lowest BCUT2D eigenvalue weighted by atomic mass is 10.3. The Kier molecular flexibility index (Phi) is 1.97. The molecule has 0 radical (unpaired) electrons. The molecule has 0 saturated heterocycles. The first kappa shape index (κ1) is 8.76. The van der Waals surface area contributed by atoms with Crippen LogP contribution in [0.2, 0.25) is 0 Å². The van der Waals surface area contributed by atoms with E-state index in [-0.39, 0.29) is 12.5 Å². The van der Waals surface area contributed by atoms with Gasteiger partial charge in [0, 0.05) is 5.69 Å². The Morgan fingerprint density at radius 3 is 3.00 bits per heavy atom. The van der Waals surface area contributed by atoms with Gasteiger partial charge in [-0.15, -0.1) is 0 Å². The van der Waals surface area contributed by atoms with Crippen LogP contribution in [-0.2, 0) is 6.61 Å². The molecule has 0 aliphatic rings. The van der Waals surface area contributed by atoms with Crippen molar-refractivity contribution in [3.63, 3.8) is 0 Å². The van der Waals surface area contributed by atoms with Crippen LogP contribution in [0.1, 0.15) is 5.69 Å². The van der Waals surface area contributed by atoms with Gasteiger partial charge in [-0.1, -0.05) is 0 Å². The fraction of sp³-hybridized carbons (Fsp3) is 0.250. The number of nitrogens with zero attached hydrogens (tertiary/aromatic N) is 1. The van der Waals surface area contributed by atoms with Gasteiger partial charge in [0.1, 0.15) is 5.65 Å². The number of aliphatic hydroxyl groups excluding tert-OH is 1. The Balaban J connectivity index is 2.78. The van der Waals surface area contributed by atoms with Crippen molar-refractivity contribution in [3.8, 4) is 5.88 Å². The number of aromatic amines is 2. The summed E-state index contributed by atoms with van der Waals surface area (Å²) < 4.78 is 4.93. The number of methoxy groups -OCH3 is 1. The van der Waals surface area contributed by atoms with E-state index in [1.807, 2.05) is 0 Å². The zero-order valence-corrected chi connectivity index (χ0v) is 7.50. The first-order chi connectivity index (χ1) is 6.74.